The summed E-state index contributed by atoms with van der Waals surface area (Å²) in [5.41, 5.74) is -6.00. The molecule has 14 fully saturated rings. The molecule has 9 saturated carbocycles. The molecule has 13 heteroatoms. The molecule has 25 atom stereocenters. The molecule has 456 valence electrons. The van der Waals surface area contributed by atoms with Crippen molar-refractivity contribution >= 4 is 17.7 Å². The minimum absolute atomic E-state index is 0.0252. The smallest absolute Gasteiger partial charge is 0.339 e. The number of nitrogens with zero attached hydrogens (tertiary/aromatic N) is 1. The van der Waals surface area contributed by atoms with Crippen molar-refractivity contribution in [1.82, 2.24) is 10.2 Å². The molecule has 9 bridgehead atoms. The third kappa shape index (κ3) is 5.92. The zero-order valence-electron chi connectivity index (χ0n) is 50.5. The number of cyclic esters (lactones) is 1. The number of Topliss-reactive ketones (excluding diaryl/α,β-unsaturated/α-hetero) is 1. The molecule has 86 heavy (non-hydrogen) atoms. The molecule has 7 spiro atoms. The lowest BCUT2D eigenvalue weighted by molar-refractivity contribution is -0.315. The van der Waals surface area contributed by atoms with Crippen LogP contribution in [-0.2, 0) is 51.8 Å². The number of ether oxygens (including phenoxy) is 4. The summed E-state index contributed by atoms with van der Waals surface area (Å²) in [6.07, 6.45) is 24.7. The van der Waals surface area contributed by atoms with Crippen molar-refractivity contribution in [3.8, 4) is 11.8 Å². The molecule has 13 nitrogen and oxygen atoms in total. The zero-order chi connectivity index (χ0) is 58.0. The molecule has 10 aliphatic carbocycles. The van der Waals surface area contributed by atoms with Gasteiger partial charge in [0, 0.05) is 41.3 Å². The maximum atomic E-state index is 17.3. The van der Waals surface area contributed by atoms with E-state index in [1.807, 2.05) is 6.07 Å². The van der Waals surface area contributed by atoms with Gasteiger partial charge < -0.3 is 43.6 Å². The van der Waals surface area contributed by atoms with Gasteiger partial charge in [0.05, 0.1) is 54.9 Å². The van der Waals surface area contributed by atoms with Crippen molar-refractivity contribution in [3.05, 3.63) is 83.5 Å². The predicted molar refractivity (Wildman–Crippen MR) is 313 cm³/mol. The number of nitrogens with one attached hydrogen (secondary N) is 1. The average Bonchev–Trinajstić information content (AvgIpc) is 1.40. The Hall–Kier alpha value is -4.29. The number of hydrogen-bond donors (Lipinski definition) is 4. The molecular weight excluding hydrogens is 1080 g/mol. The first-order chi connectivity index (χ1) is 41.6. The summed E-state index contributed by atoms with van der Waals surface area (Å²) < 4.78 is 37.4. The van der Waals surface area contributed by atoms with E-state index in [-0.39, 0.29) is 77.0 Å². The number of carbonyl (C=O) groups excluding carboxylic acids is 3. The number of rotatable bonds is 8. The molecule has 2 aromatic rings. The highest BCUT2D eigenvalue weighted by Gasteiger charge is 3.00. The van der Waals surface area contributed by atoms with E-state index >= 15 is 14.4 Å². The lowest BCUT2D eigenvalue weighted by Crippen LogP contribution is -2.83. The fraction of sp³-hybridized carbons (Fsp3) is 0.740. The van der Waals surface area contributed by atoms with Crippen LogP contribution in [0.4, 0.5) is 0 Å². The molecule has 0 unspecified atom stereocenters. The molecule has 1 aromatic carbocycles. The second-order valence-electron chi connectivity index (χ2n) is 32.8. The van der Waals surface area contributed by atoms with E-state index in [0.717, 1.165) is 90.3 Å². The highest BCUT2D eigenvalue weighted by molar-refractivity contribution is 5.94. The van der Waals surface area contributed by atoms with Gasteiger partial charge in [-0.15, -0.1) is 0 Å². The summed E-state index contributed by atoms with van der Waals surface area (Å²) in [6.45, 7) is 5.90. The van der Waals surface area contributed by atoms with Crippen molar-refractivity contribution in [2.45, 2.75) is 202 Å². The summed E-state index contributed by atoms with van der Waals surface area (Å²) in [6, 6.07) is 13.2. The highest BCUT2D eigenvalue weighted by atomic mass is 16.7. The number of fused-ring (bicyclic) bond motifs is 6. The first-order valence-corrected chi connectivity index (χ1v) is 34.3. The van der Waals surface area contributed by atoms with Crippen LogP contribution in [0.1, 0.15) is 159 Å². The number of benzene rings is 1. The van der Waals surface area contributed by atoms with E-state index in [9.17, 15) is 15.3 Å². The Labute approximate surface area is 505 Å². The number of esters is 2. The van der Waals surface area contributed by atoms with Crippen molar-refractivity contribution in [2.75, 3.05) is 26.4 Å². The van der Waals surface area contributed by atoms with Gasteiger partial charge in [-0.05, 0) is 215 Å². The van der Waals surface area contributed by atoms with Crippen LogP contribution >= 0.6 is 0 Å². The minimum Gasteiger partial charge on any atom is -0.469 e. The molecule has 19 rings (SSSR count). The third-order valence-corrected chi connectivity index (χ3v) is 30.5. The van der Waals surface area contributed by atoms with E-state index in [4.69, 9.17) is 23.4 Å². The molecule has 0 amide bonds. The van der Waals surface area contributed by atoms with Crippen LogP contribution in [-0.4, -0.2) is 106 Å². The summed E-state index contributed by atoms with van der Waals surface area (Å²) in [5, 5.41) is 41.6. The molecular formula is C73H88N2O11. The van der Waals surface area contributed by atoms with Gasteiger partial charge in [-0.2, -0.15) is 0 Å². The Morgan fingerprint density at radius 2 is 1.78 bits per heavy atom. The lowest BCUT2D eigenvalue weighted by atomic mass is 9.28. The zero-order valence-corrected chi connectivity index (χ0v) is 50.5. The molecule has 17 aliphatic rings. The summed E-state index contributed by atoms with van der Waals surface area (Å²) >= 11 is 0. The Balaban J connectivity index is 0.841. The fourth-order valence-electron chi connectivity index (χ4n) is 28.2. The third-order valence-electron chi connectivity index (χ3n) is 30.5. The van der Waals surface area contributed by atoms with Crippen LogP contribution in [0.3, 0.4) is 0 Å². The van der Waals surface area contributed by atoms with E-state index in [0.29, 0.717) is 54.9 Å². The van der Waals surface area contributed by atoms with Crippen LogP contribution in [0.15, 0.2) is 71.0 Å². The number of allylic oxidation sites excluding steroid dienone is 1. The quantitative estimate of drug-likeness (QED) is 0.0851. The highest BCUT2D eigenvalue weighted by Crippen LogP contribution is 2.92. The van der Waals surface area contributed by atoms with Gasteiger partial charge in [0.15, 0.2) is 17.5 Å². The summed E-state index contributed by atoms with van der Waals surface area (Å²) in [7, 11) is 0. The number of aliphatic hydroxyl groups is 3. The SMILES string of the molecule is C[C@]12C[C@H]3C[C@]45[C@@H](CC[C@@]46CCC4(CCCC4)C6)CC4=CC[C@]6(C)O[C@]47[C@H]5C(=O)OC[C@]74[C@@H]3[C@]3([C@H](O)C(=O)[C@@H]46)[C@H]4C[C@H](Cc5ccccc5)CC[C@H]4C#CC[C@@]1(c1ccoc1C[C@@H]([C@H]1CC[C@H]4[C@H](C=CN5CNC[C@H]45)C1)[C@H](O)CO)OC(=O)[C@H]1O[C@@]132. The topological polar surface area (TPSA) is 181 Å². The molecule has 5 saturated heterocycles. The van der Waals surface area contributed by atoms with Crippen molar-refractivity contribution in [3.63, 3.8) is 0 Å². The number of hydrogen-bond acceptors (Lipinski definition) is 13. The molecule has 8 heterocycles. The molecule has 1 aromatic heterocycles. The Kier molecular flexibility index (Phi) is 10.8. The summed E-state index contributed by atoms with van der Waals surface area (Å²) in [5.74, 6) is 5.80. The fourth-order valence-corrected chi connectivity index (χ4v) is 28.2. The monoisotopic (exact) mass is 1170 g/mol. The van der Waals surface area contributed by atoms with Crippen molar-refractivity contribution in [1.29, 1.82) is 0 Å². The van der Waals surface area contributed by atoms with E-state index in [2.05, 4.69) is 84.6 Å². The Morgan fingerprint density at radius 3 is 2.63 bits per heavy atom. The normalized spacial score (nSPS) is 52.5. The van der Waals surface area contributed by atoms with Gasteiger partial charge in [0.25, 0.3) is 0 Å². The molecule has 0 radical (unpaired) electrons. The number of aliphatic hydroxyl groups excluding tert-OH is 3. The second-order valence-corrected chi connectivity index (χ2v) is 32.8. The van der Waals surface area contributed by atoms with Gasteiger partial charge in [-0.25, -0.2) is 4.79 Å². The van der Waals surface area contributed by atoms with Gasteiger partial charge in [-0.1, -0.05) is 74.1 Å². The van der Waals surface area contributed by atoms with Gasteiger partial charge in [0.1, 0.15) is 29.7 Å². The van der Waals surface area contributed by atoms with Crippen LogP contribution in [0, 0.1) is 115 Å². The predicted octanol–water partition coefficient (Wildman–Crippen LogP) is 9.29. The van der Waals surface area contributed by atoms with Crippen LogP contribution < -0.4 is 5.32 Å². The van der Waals surface area contributed by atoms with Gasteiger partial charge in [0.2, 0.25) is 0 Å². The first-order valence-electron chi connectivity index (χ1n) is 34.3. The van der Waals surface area contributed by atoms with E-state index in [1.165, 1.54) is 43.2 Å². The number of furan rings is 1. The molecule has 4 N–H and O–H groups in total. The number of epoxide rings is 1. The molecule has 7 aliphatic heterocycles. The van der Waals surface area contributed by atoms with Gasteiger partial charge >= 0.3 is 11.9 Å². The first kappa shape index (κ1) is 53.5. The largest absolute Gasteiger partial charge is 0.469 e. The maximum absolute atomic E-state index is 17.3. The van der Waals surface area contributed by atoms with E-state index < -0.39 is 92.7 Å². The number of carbonyl (C=O) groups is 3. The van der Waals surface area contributed by atoms with Crippen molar-refractivity contribution < 1.29 is 53.1 Å². The Bertz CT molecular complexity index is 3400. The minimum atomic E-state index is -1.56. The second kappa shape index (κ2) is 17.4. The average molecular weight is 1170 g/mol. The van der Waals surface area contributed by atoms with Crippen molar-refractivity contribution in [2.24, 2.45) is 104 Å². The maximum Gasteiger partial charge on any atom is 0.339 e. The van der Waals surface area contributed by atoms with E-state index in [1.54, 1.807) is 6.26 Å². The number of ketones is 1. The standard InChI is InChI=1S/C73H88N2O11/c1-64-23-16-48-32-47-17-24-67(26-25-66(38-67)20-6-7-21-66)68(47)35-46-34-65(2)70(51-19-28-82-55(51)33-50(54(77)37-76)44-14-15-49-45(31-44)18-27-75-40-74-36-53(49)75)22-8-11-43-13-12-42(29-41-9-4-3-5-10-41)30-52(43)71(73(65)61(84-73)63(81)85-70)57(46)69(58(64)56(78)60(71)79)39-83-62(80)59(68)72(48,69)86-64/h3-5,9-10,16,18-19,27-28,42-47,49-50,52-54,57-61,74,76-77,79H,6-7,12-15,17,20-26,29-40H2,1-2H3/t42-,43+,44-,45+,46-,47-,49-,50-,52-,53+,54+,57+,58+,59-,60+,61+,64-,65-,67-,68+,69+,70-,71-,72-,73+/m0/s1. The van der Waals surface area contributed by atoms with Crippen LogP contribution in [0.5, 0.6) is 0 Å². The van der Waals surface area contributed by atoms with Crippen LogP contribution in [0.2, 0.25) is 0 Å². The van der Waals surface area contributed by atoms with Crippen LogP contribution in [0.25, 0.3) is 0 Å². The van der Waals surface area contributed by atoms with Gasteiger partial charge in [-0.3, -0.25) is 14.9 Å². The lowest BCUT2D eigenvalue weighted by Gasteiger charge is -2.74. The Morgan fingerprint density at radius 1 is 0.919 bits per heavy atom. The summed E-state index contributed by atoms with van der Waals surface area (Å²) in [4.78, 5) is 52.0.